The van der Waals surface area contributed by atoms with Gasteiger partial charge in [-0.3, -0.25) is 0 Å². The molecule has 0 aliphatic heterocycles. The van der Waals surface area contributed by atoms with Crippen LogP contribution in [0.1, 0.15) is 38.7 Å². The lowest BCUT2D eigenvalue weighted by Crippen LogP contribution is -2.28. The van der Waals surface area contributed by atoms with Crippen molar-refractivity contribution in [2.45, 2.75) is 46.1 Å². The van der Waals surface area contributed by atoms with E-state index in [1.54, 1.807) is 0 Å². The molecular formula is C14H22N2. The minimum Gasteiger partial charge on any atom is -0.377 e. The Morgan fingerprint density at radius 2 is 2.00 bits per heavy atom. The summed E-state index contributed by atoms with van der Waals surface area (Å²) in [5, 5.41) is 11.5. The molecule has 0 heterocycles. The Labute approximate surface area is 98.6 Å². The Morgan fingerprint density at radius 3 is 2.56 bits per heavy atom. The van der Waals surface area contributed by atoms with Crippen LogP contribution in [0.2, 0.25) is 0 Å². The second-order valence-corrected chi connectivity index (χ2v) is 4.20. The standard InChI is InChI=1S/C14H22N2/c1-4-8-12(15)13(5-2)16-14-10-7-6-9-11(14)3/h6-7,9-10,13,15-16H,4-5,8H2,1-3H3. The molecule has 88 valence electrons. The Balaban J connectivity index is 2.70. The number of nitrogens with one attached hydrogen (secondary N) is 2. The first kappa shape index (κ1) is 12.8. The third-order valence-corrected chi connectivity index (χ3v) is 2.82. The van der Waals surface area contributed by atoms with Crippen LogP contribution in [0.3, 0.4) is 0 Å². The first-order valence-corrected chi connectivity index (χ1v) is 6.08. The highest BCUT2D eigenvalue weighted by molar-refractivity contribution is 5.89. The molecule has 1 aromatic rings. The van der Waals surface area contributed by atoms with E-state index >= 15 is 0 Å². The van der Waals surface area contributed by atoms with Crippen LogP contribution in [-0.2, 0) is 0 Å². The van der Waals surface area contributed by atoms with Gasteiger partial charge in [0.2, 0.25) is 0 Å². The summed E-state index contributed by atoms with van der Waals surface area (Å²) in [4.78, 5) is 0. The summed E-state index contributed by atoms with van der Waals surface area (Å²) in [6.45, 7) is 6.34. The van der Waals surface area contributed by atoms with Gasteiger partial charge in [-0.1, -0.05) is 38.5 Å². The van der Waals surface area contributed by atoms with Crippen molar-refractivity contribution in [2.24, 2.45) is 0 Å². The maximum absolute atomic E-state index is 8.00. The van der Waals surface area contributed by atoms with E-state index in [-0.39, 0.29) is 6.04 Å². The summed E-state index contributed by atoms with van der Waals surface area (Å²) in [7, 11) is 0. The molecule has 0 aliphatic rings. The Kier molecular flexibility index (Phi) is 5.03. The van der Waals surface area contributed by atoms with Gasteiger partial charge in [-0.15, -0.1) is 0 Å². The zero-order valence-electron chi connectivity index (χ0n) is 10.5. The molecular weight excluding hydrogens is 196 g/mol. The molecule has 0 radical (unpaired) electrons. The van der Waals surface area contributed by atoms with Crippen molar-refractivity contribution in [3.8, 4) is 0 Å². The molecule has 0 saturated heterocycles. The Hall–Kier alpha value is -1.31. The van der Waals surface area contributed by atoms with Crippen LogP contribution in [-0.4, -0.2) is 11.8 Å². The van der Waals surface area contributed by atoms with Crippen LogP contribution in [0.25, 0.3) is 0 Å². The van der Waals surface area contributed by atoms with Gasteiger partial charge in [-0.25, -0.2) is 0 Å². The van der Waals surface area contributed by atoms with Crippen molar-refractivity contribution in [3.63, 3.8) is 0 Å². The first-order chi connectivity index (χ1) is 7.69. The molecule has 0 aromatic heterocycles. The van der Waals surface area contributed by atoms with Gasteiger partial charge in [0.05, 0.1) is 6.04 Å². The zero-order valence-corrected chi connectivity index (χ0v) is 10.5. The van der Waals surface area contributed by atoms with Crippen LogP contribution in [0.15, 0.2) is 24.3 Å². The Morgan fingerprint density at radius 1 is 1.31 bits per heavy atom. The van der Waals surface area contributed by atoms with Gasteiger partial charge < -0.3 is 10.7 Å². The van der Waals surface area contributed by atoms with Crippen molar-refractivity contribution in [2.75, 3.05) is 5.32 Å². The lowest BCUT2D eigenvalue weighted by molar-refractivity contribution is 0.823. The number of para-hydroxylation sites is 1. The van der Waals surface area contributed by atoms with Crippen LogP contribution in [0, 0.1) is 12.3 Å². The molecule has 0 spiro atoms. The van der Waals surface area contributed by atoms with E-state index in [2.05, 4.69) is 38.2 Å². The molecule has 0 amide bonds. The van der Waals surface area contributed by atoms with E-state index in [1.165, 1.54) is 5.56 Å². The summed E-state index contributed by atoms with van der Waals surface area (Å²) in [6, 6.07) is 8.43. The second kappa shape index (κ2) is 6.31. The van der Waals surface area contributed by atoms with E-state index < -0.39 is 0 Å². The van der Waals surface area contributed by atoms with E-state index in [4.69, 9.17) is 5.41 Å². The average Bonchev–Trinajstić information content (AvgIpc) is 2.28. The van der Waals surface area contributed by atoms with Crippen LogP contribution >= 0.6 is 0 Å². The molecule has 1 unspecified atom stereocenters. The third-order valence-electron chi connectivity index (χ3n) is 2.82. The largest absolute Gasteiger partial charge is 0.377 e. The lowest BCUT2D eigenvalue weighted by atomic mass is 10.0. The summed E-state index contributed by atoms with van der Waals surface area (Å²) in [5.41, 5.74) is 3.20. The van der Waals surface area contributed by atoms with Gasteiger partial charge in [-0.05, 0) is 31.4 Å². The highest BCUT2D eigenvalue weighted by Crippen LogP contribution is 2.16. The third kappa shape index (κ3) is 3.37. The van der Waals surface area contributed by atoms with Crippen LogP contribution < -0.4 is 5.32 Å². The zero-order chi connectivity index (χ0) is 12.0. The van der Waals surface area contributed by atoms with Gasteiger partial charge in [0.25, 0.3) is 0 Å². The lowest BCUT2D eigenvalue weighted by Gasteiger charge is -2.20. The first-order valence-electron chi connectivity index (χ1n) is 6.08. The van der Waals surface area contributed by atoms with E-state index in [0.717, 1.165) is 30.7 Å². The van der Waals surface area contributed by atoms with Gasteiger partial charge in [0, 0.05) is 11.4 Å². The van der Waals surface area contributed by atoms with Crippen LogP contribution in [0.5, 0.6) is 0 Å². The number of anilines is 1. The monoisotopic (exact) mass is 218 g/mol. The molecule has 2 heteroatoms. The molecule has 16 heavy (non-hydrogen) atoms. The molecule has 0 bridgehead atoms. The summed E-state index contributed by atoms with van der Waals surface area (Å²) >= 11 is 0. The summed E-state index contributed by atoms with van der Waals surface area (Å²) < 4.78 is 0. The molecule has 1 atom stereocenters. The average molecular weight is 218 g/mol. The van der Waals surface area contributed by atoms with Gasteiger partial charge in [0.1, 0.15) is 0 Å². The molecule has 2 nitrogen and oxygen atoms in total. The molecule has 1 rings (SSSR count). The van der Waals surface area contributed by atoms with Gasteiger partial charge >= 0.3 is 0 Å². The van der Waals surface area contributed by atoms with Crippen molar-refractivity contribution >= 4 is 11.4 Å². The van der Waals surface area contributed by atoms with Crippen molar-refractivity contribution in [3.05, 3.63) is 29.8 Å². The number of hydrogen-bond donors (Lipinski definition) is 2. The van der Waals surface area contributed by atoms with Crippen molar-refractivity contribution in [1.82, 2.24) is 0 Å². The quantitative estimate of drug-likeness (QED) is 0.695. The Bertz CT molecular complexity index is 344. The van der Waals surface area contributed by atoms with Crippen molar-refractivity contribution < 1.29 is 0 Å². The molecule has 2 N–H and O–H groups in total. The summed E-state index contributed by atoms with van der Waals surface area (Å²) in [6.07, 6.45) is 2.90. The normalized spacial score (nSPS) is 12.2. The fourth-order valence-electron chi connectivity index (χ4n) is 1.80. The number of aryl methyl sites for hydroxylation is 1. The fourth-order valence-corrected chi connectivity index (χ4v) is 1.80. The number of hydrogen-bond acceptors (Lipinski definition) is 2. The molecule has 1 aromatic carbocycles. The van der Waals surface area contributed by atoms with Crippen molar-refractivity contribution in [1.29, 1.82) is 5.41 Å². The minimum atomic E-state index is 0.182. The second-order valence-electron chi connectivity index (χ2n) is 4.20. The predicted molar refractivity (Wildman–Crippen MR) is 71.5 cm³/mol. The van der Waals surface area contributed by atoms with E-state index in [9.17, 15) is 0 Å². The number of benzene rings is 1. The highest BCUT2D eigenvalue weighted by Gasteiger charge is 2.11. The number of rotatable bonds is 6. The van der Waals surface area contributed by atoms with Crippen LogP contribution in [0.4, 0.5) is 5.69 Å². The fraction of sp³-hybridized carbons (Fsp3) is 0.500. The SMILES string of the molecule is CCCC(=N)C(CC)Nc1ccccc1C. The topological polar surface area (TPSA) is 35.9 Å². The molecule has 0 fully saturated rings. The molecule has 0 aliphatic carbocycles. The minimum absolute atomic E-state index is 0.182. The van der Waals surface area contributed by atoms with Gasteiger partial charge in [-0.2, -0.15) is 0 Å². The maximum atomic E-state index is 8.00. The summed E-state index contributed by atoms with van der Waals surface area (Å²) in [5.74, 6) is 0. The smallest absolute Gasteiger partial charge is 0.0636 e. The molecule has 0 saturated carbocycles. The highest BCUT2D eigenvalue weighted by atomic mass is 14.9. The van der Waals surface area contributed by atoms with E-state index in [0.29, 0.717) is 0 Å². The van der Waals surface area contributed by atoms with Gasteiger partial charge in [0.15, 0.2) is 0 Å². The maximum Gasteiger partial charge on any atom is 0.0636 e. The van der Waals surface area contributed by atoms with E-state index in [1.807, 2.05) is 12.1 Å². The predicted octanol–water partition coefficient (Wildman–Crippen LogP) is 4.01.